The minimum absolute atomic E-state index is 0.206. The van der Waals surface area contributed by atoms with Crippen molar-refractivity contribution in [2.45, 2.75) is 0 Å². The highest BCUT2D eigenvalue weighted by molar-refractivity contribution is 7.05. The van der Waals surface area contributed by atoms with E-state index in [1.807, 2.05) is 0 Å². The molecule has 11 heteroatoms. The first-order chi connectivity index (χ1) is 53.2. The second kappa shape index (κ2) is 24.4. The third-order valence-electron chi connectivity index (χ3n) is 22.5. The smallest absolute Gasteiger partial charge is 0.256 e. The van der Waals surface area contributed by atoms with E-state index in [-0.39, 0.29) is 20.1 Å². The highest BCUT2D eigenvalue weighted by Gasteiger charge is 2.53. The van der Waals surface area contributed by atoms with Gasteiger partial charge in [-0.15, -0.1) is 0 Å². The van der Waals surface area contributed by atoms with Crippen LogP contribution in [0.3, 0.4) is 0 Å². The summed E-state index contributed by atoms with van der Waals surface area (Å²) in [6, 6.07) is 143. The Balaban J connectivity index is 0.851. The van der Waals surface area contributed by atoms with Crippen LogP contribution in [0.2, 0.25) is 0 Å². The van der Waals surface area contributed by atoms with Gasteiger partial charge in [0, 0.05) is 108 Å². The molecule has 0 N–H and O–H groups in total. The Labute approximate surface area is 623 Å². The second-order valence-electron chi connectivity index (χ2n) is 28.3. The van der Waals surface area contributed by atoms with E-state index in [4.69, 9.17) is 4.74 Å². The first kappa shape index (κ1) is 60.7. The van der Waals surface area contributed by atoms with Crippen molar-refractivity contribution in [1.82, 2.24) is 0 Å². The number of rotatable bonds is 11. The van der Waals surface area contributed by atoms with E-state index in [2.05, 4.69) is 423 Å². The summed E-state index contributed by atoms with van der Waals surface area (Å²) in [5.41, 5.74) is 33.3. The Morgan fingerprint density at radius 3 is 0.832 bits per heavy atom. The lowest BCUT2D eigenvalue weighted by atomic mass is 9.29. The van der Waals surface area contributed by atoms with Gasteiger partial charge in [-0.3, -0.25) is 0 Å². The van der Waals surface area contributed by atoms with Gasteiger partial charge in [0.05, 0.1) is 11.4 Å². The molecule has 0 radical (unpaired) electrons. The summed E-state index contributed by atoms with van der Waals surface area (Å²) in [5.74, 6) is 1.73. The number of anilines is 21. The zero-order chi connectivity index (χ0) is 70.2. The Hall–Kier alpha value is -13.9. The fraction of sp³-hybridized carbons (Fsp3) is 0. The molecule has 6 heterocycles. The summed E-state index contributed by atoms with van der Waals surface area (Å²) in [4.78, 5) is 17.5. The molecule has 0 aliphatic carbocycles. The number of fused-ring (bicyclic) bond motifs is 13. The first-order valence-corrected chi connectivity index (χ1v) is 36.9. The van der Waals surface area contributed by atoms with Crippen molar-refractivity contribution in [1.29, 1.82) is 0 Å². The van der Waals surface area contributed by atoms with Crippen LogP contribution in [-0.4, -0.2) is 20.1 Å². The van der Waals surface area contributed by atoms with E-state index in [0.29, 0.717) is 0 Å². The Bertz CT molecular complexity index is 6090. The van der Waals surface area contributed by atoms with Crippen molar-refractivity contribution >= 4 is 189 Å². The molecule has 0 saturated carbocycles. The van der Waals surface area contributed by atoms with Crippen molar-refractivity contribution in [2.75, 3.05) is 34.3 Å². The average Bonchev–Trinajstić information content (AvgIpc) is 0.676. The Morgan fingerprint density at radius 2 is 0.449 bits per heavy atom. The van der Waals surface area contributed by atoms with E-state index >= 15 is 0 Å². The number of ether oxygens (including phenoxy) is 1. The summed E-state index contributed by atoms with van der Waals surface area (Å²) >= 11 is 0. The molecule has 22 rings (SSSR count). The number of hydrogen-bond donors (Lipinski definition) is 0. The van der Waals surface area contributed by atoms with Crippen LogP contribution in [0, 0.1) is 0 Å². The Morgan fingerprint density at radius 1 is 0.187 bits per heavy atom. The van der Waals surface area contributed by atoms with Crippen LogP contribution in [0.4, 0.5) is 119 Å². The molecule has 0 amide bonds. The maximum absolute atomic E-state index is 8.02. The minimum Gasteiger partial charge on any atom is -0.459 e. The lowest BCUT2D eigenvalue weighted by Crippen LogP contribution is -2.67. The van der Waals surface area contributed by atoms with E-state index in [9.17, 15) is 0 Å². The highest BCUT2D eigenvalue weighted by Crippen LogP contribution is 2.54. The third-order valence-corrected chi connectivity index (χ3v) is 22.5. The maximum atomic E-state index is 8.02. The zero-order valence-electron chi connectivity index (χ0n) is 58.2. The van der Waals surface area contributed by atoms with Gasteiger partial charge < -0.3 is 39.0 Å². The van der Waals surface area contributed by atoms with Gasteiger partial charge in [0.25, 0.3) is 20.1 Å². The van der Waals surface area contributed by atoms with Crippen molar-refractivity contribution in [2.24, 2.45) is 0 Å². The van der Waals surface area contributed by atoms with Gasteiger partial charge in [-0.05, 0) is 213 Å². The van der Waals surface area contributed by atoms with E-state index in [1.165, 1.54) is 32.8 Å². The molecular weight excluding hydrogens is 1300 g/mol. The largest absolute Gasteiger partial charge is 0.459 e. The molecule has 0 fully saturated rings. The molecule has 6 aliphatic rings. The molecular formula is C96H64B3N7O. The van der Waals surface area contributed by atoms with Crippen LogP contribution >= 0.6 is 0 Å². The van der Waals surface area contributed by atoms with Crippen LogP contribution in [0.5, 0.6) is 11.5 Å². The number of hydrogen-bond acceptors (Lipinski definition) is 8. The normalized spacial score (nSPS) is 13.3. The molecule has 0 unspecified atom stereocenters. The van der Waals surface area contributed by atoms with Gasteiger partial charge >= 0.3 is 0 Å². The molecule has 107 heavy (non-hydrogen) atoms. The monoisotopic (exact) mass is 1360 g/mol. The number of benzene rings is 16. The SMILES string of the molecule is c1ccc(N(c2ccccc2)c2cc3c4c(c2)N(c2ccccc2)c2cc5c(cc2B4c2ccccc2N3c2ccccc2)B2c3ccccc3Oc3c2c(cc2c3B3c4ccccc4N(c4ccccc4)c4cc(N(c6ccccc6)c6ccccc6)cc(c43)N2c2ccccc2)N5c2ccccc2)cc1. The molecule has 0 spiro atoms. The number of nitrogens with zero attached hydrogens (tertiary/aromatic N) is 7. The molecule has 6 aliphatic heterocycles. The maximum Gasteiger partial charge on any atom is 0.256 e. The Kier molecular flexibility index (Phi) is 13.8. The van der Waals surface area contributed by atoms with Crippen LogP contribution in [0.25, 0.3) is 0 Å². The molecule has 16 aromatic rings. The third kappa shape index (κ3) is 9.33. The van der Waals surface area contributed by atoms with Gasteiger partial charge in [-0.2, -0.15) is 0 Å². The van der Waals surface area contributed by atoms with E-state index in [1.54, 1.807) is 0 Å². The van der Waals surface area contributed by atoms with Crippen LogP contribution in [0.1, 0.15) is 0 Å². The lowest BCUT2D eigenvalue weighted by Gasteiger charge is -2.48. The van der Waals surface area contributed by atoms with E-state index < -0.39 is 0 Å². The van der Waals surface area contributed by atoms with E-state index in [0.717, 1.165) is 147 Å². The average molecular weight is 1360 g/mol. The predicted molar refractivity (Wildman–Crippen MR) is 450 cm³/mol. The summed E-state index contributed by atoms with van der Waals surface area (Å²) in [5, 5.41) is 0. The summed E-state index contributed by atoms with van der Waals surface area (Å²) in [6.45, 7) is -0.789. The zero-order valence-corrected chi connectivity index (χ0v) is 58.2. The van der Waals surface area contributed by atoms with Gasteiger partial charge in [-0.1, -0.05) is 224 Å². The summed E-state index contributed by atoms with van der Waals surface area (Å²) < 4.78 is 8.02. The van der Waals surface area contributed by atoms with Crippen LogP contribution in [0.15, 0.2) is 388 Å². The van der Waals surface area contributed by atoms with Crippen molar-refractivity contribution in [3.8, 4) is 11.5 Å². The lowest BCUT2D eigenvalue weighted by molar-refractivity contribution is 0.491. The summed E-state index contributed by atoms with van der Waals surface area (Å²) in [7, 11) is 0. The van der Waals surface area contributed by atoms with Gasteiger partial charge in [0.2, 0.25) is 0 Å². The van der Waals surface area contributed by atoms with Gasteiger partial charge in [0.15, 0.2) is 0 Å². The predicted octanol–water partition coefficient (Wildman–Crippen LogP) is 19.2. The molecule has 498 valence electrons. The second-order valence-corrected chi connectivity index (χ2v) is 28.3. The van der Waals surface area contributed by atoms with Crippen LogP contribution in [-0.2, 0) is 0 Å². The van der Waals surface area contributed by atoms with Crippen molar-refractivity contribution in [3.05, 3.63) is 388 Å². The van der Waals surface area contributed by atoms with Crippen LogP contribution < -0.4 is 88.2 Å². The molecule has 16 aromatic carbocycles. The minimum atomic E-state index is -0.298. The quantitative estimate of drug-likeness (QED) is 0.118. The fourth-order valence-electron chi connectivity index (χ4n) is 18.3. The summed E-state index contributed by atoms with van der Waals surface area (Å²) in [6.07, 6.45) is 0. The molecule has 0 saturated heterocycles. The van der Waals surface area contributed by atoms with Crippen molar-refractivity contribution in [3.63, 3.8) is 0 Å². The van der Waals surface area contributed by atoms with Gasteiger partial charge in [0.1, 0.15) is 11.5 Å². The van der Waals surface area contributed by atoms with Crippen molar-refractivity contribution < 1.29 is 4.74 Å². The first-order valence-electron chi connectivity index (χ1n) is 36.9. The number of para-hydroxylation sites is 12. The molecule has 8 nitrogen and oxygen atoms in total. The van der Waals surface area contributed by atoms with Gasteiger partial charge in [-0.25, -0.2) is 0 Å². The molecule has 0 aromatic heterocycles. The standard InChI is InChI=1S/C96H64B3N7O/c1-10-34-65(35-11-1)100(66-36-12-2-13-37-66)74-58-85-92-86(59-74)104(71-46-22-7-23-47-71)83-63-84-80(62-79(83)97(92)76-52-28-31-55-81(76)102(85)69-42-18-5-19-43-69)98-78-54-30-33-57-91(78)107-96-94(98)89(105(84)72-48-24-8-25-49-72)64-90-95(96)99-77-53-29-32-56-82(77)103(70-44-20-6-21-45-70)87-60-75(61-88(93(87)99)106(90)73-50-26-9-27-51-73)101(67-38-14-3-15-39-67)68-40-16-4-17-41-68/h1-64H. The highest BCUT2D eigenvalue weighted by atomic mass is 16.5. The fourth-order valence-corrected chi connectivity index (χ4v) is 18.3. The molecule has 0 bridgehead atoms. The topological polar surface area (TPSA) is 31.9 Å². The molecule has 0 atom stereocenters.